The minimum atomic E-state index is -0.245. The topological polar surface area (TPSA) is 77.0 Å². The van der Waals surface area contributed by atoms with Crippen LogP contribution in [0.5, 0.6) is 0 Å². The van der Waals surface area contributed by atoms with Crippen molar-refractivity contribution in [1.29, 1.82) is 0 Å². The van der Waals surface area contributed by atoms with Gasteiger partial charge in [-0.25, -0.2) is 4.98 Å². The number of carbonyl (C=O) groups excluding carboxylic acids is 1. The number of carbonyl (C=O) groups is 1. The van der Waals surface area contributed by atoms with E-state index in [-0.39, 0.29) is 5.91 Å². The summed E-state index contributed by atoms with van der Waals surface area (Å²) in [5.74, 6) is -0.245. The van der Waals surface area contributed by atoms with Crippen molar-refractivity contribution < 1.29 is 9.53 Å². The molecule has 0 fully saturated rings. The lowest BCUT2D eigenvalue weighted by molar-refractivity contribution is 0.102. The average Bonchev–Trinajstić information content (AvgIpc) is 3.15. The molecule has 0 radical (unpaired) electrons. The Morgan fingerprint density at radius 2 is 2.00 bits per heavy atom. The van der Waals surface area contributed by atoms with Crippen LogP contribution in [0.25, 0.3) is 10.6 Å². The van der Waals surface area contributed by atoms with E-state index in [9.17, 15) is 4.79 Å². The Kier molecular flexibility index (Phi) is 5.20. The minimum Gasteiger partial charge on any atom is -0.377 e. The Balaban J connectivity index is 1.78. The van der Waals surface area contributed by atoms with Crippen molar-refractivity contribution in [1.82, 2.24) is 15.2 Å². The molecular weight excluding hydrogens is 368 g/mol. The molecule has 0 unspecified atom stereocenters. The van der Waals surface area contributed by atoms with Gasteiger partial charge >= 0.3 is 0 Å². The van der Waals surface area contributed by atoms with Gasteiger partial charge in [-0.15, -0.1) is 21.5 Å². The van der Waals surface area contributed by atoms with Crippen molar-refractivity contribution in [3.05, 3.63) is 44.9 Å². The molecule has 0 saturated carbocycles. The predicted molar refractivity (Wildman–Crippen MR) is 95.9 cm³/mol. The van der Waals surface area contributed by atoms with Crippen molar-refractivity contribution >= 4 is 45.3 Å². The Hall–Kier alpha value is -1.87. The molecule has 2 aromatic heterocycles. The summed E-state index contributed by atoms with van der Waals surface area (Å²) < 4.78 is 4.99. The SMILES string of the molecule is COCc1nnc(NC(=O)c2sc(-c3ccc(Cl)cc3)nc2C)s1. The van der Waals surface area contributed by atoms with Gasteiger partial charge in [-0.3, -0.25) is 10.1 Å². The lowest BCUT2D eigenvalue weighted by Gasteiger charge is -1.98. The summed E-state index contributed by atoms with van der Waals surface area (Å²) >= 11 is 8.51. The summed E-state index contributed by atoms with van der Waals surface area (Å²) in [6.45, 7) is 2.18. The molecule has 0 atom stereocenters. The van der Waals surface area contributed by atoms with Crippen molar-refractivity contribution in [2.24, 2.45) is 0 Å². The highest BCUT2D eigenvalue weighted by Crippen LogP contribution is 2.29. The summed E-state index contributed by atoms with van der Waals surface area (Å²) in [7, 11) is 1.58. The first kappa shape index (κ1) is 17.0. The van der Waals surface area contributed by atoms with E-state index in [1.165, 1.54) is 22.7 Å². The third-order valence-electron chi connectivity index (χ3n) is 3.05. The van der Waals surface area contributed by atoms with Gasteiger partial charge in [0.05, 0.1) is 5.69 Å². The van der Waals surface area contributed by atoms with Crippen LogP contribution >= 0.6 is 34.3 Å². The number of nitrogens with one attached hydrogen (secondary N) is 1. The van der Waals surface area contributed by atoms with Crippen LogP contribution in [0.2, 0.25) is 5.02 Å². The zero-order chi connectivity index (χ0) is 17.1. The van der Waals surface area contributed by atoms with E-state index in [4.69, 9.17) is 16.3 Å². The maximum atomic E-state index is 12.4. The fraction of sp³-hybridized carbons (Fsp3) is 0.200. The van der Waals surface area contributed by atoms with Gasteiger partial charge in [0.15, 0.2) is 0 Å². The summed E-state index contributed by atoms with van der Waals surface area (Å²) in [6.07, 6.45) is 0. The zero-order valence-corrected chi connectivity index (χ0v) is 15.3. The minimum absolute atomic E-state index is 0.245. The first-order chi connectivity index (χ1) is 11.6. The molecule has 9 heteroatoms. The van der Waals surface area contributed by atoms with E-state index >= 15 is 0 Å². The number of anilines is 1. The van der Waals surface area contributed by atoms with Gasteiger partial charge in [0.25, 0.3) is 5.91 Å². The molecule has 0 aliphatic carbocycles. The van der Waals surface area contributed by atoms with Crippen LogP contribution < -0.4 is 5.32 Å². The summed E-state index contributed by atoms with van der Waals surface area (Å²) in [6, 6.07) is 7.35. The van der Waals surface area contributed by atoms with Gasteiger partial charge in [0.1, 0.15) is 21.5 Å². The maximum Gasteiger partial charge on any atom is 0.269 e. The van der Waals surface area contributed by atoms with Crippen molar-refractivity contribution in [3.63, 3.8) is 0 Å². The summed E-state index contributed by atoms with van der Waals surface area (Å²) in [4.78, 5) is 17.5. The van der Waals surface area contributed by atoms with E-state index in [0.717, 1.165) is 10.6 Å². The van der Waals surface area contributed by atoms with Crippen LogP contribution in [0.4, 0.5) is 5.13 Å². The fourth-order valence-electron chi connectivity index (χ4n) is 1.96. The van der Waals surface area contributed by atoms with Crippen molar-refractivity contribution in [2.75, 3.05) is 12.4 Å². The van der Waals surface area contributed by atoms with Crippen LogP contribution in [0.15, 0.2) is 24.3 Å². The molecule has 0 spiro atoms. The first-order valence-electron chi connectivity index (χ1n) is 6.93. The number of benzene rings is 1. The normalized spacial score (nSPS) is 10.8. The lowest BCUT2D eigenvalue weighted by atomic mass is 10.2. The van der Waals surface area contributed by atoms with Gasteiger partial charge < -0.3 is 4.74 Å². The summed E-state index contributed by atoms with van der Waals surface area (Å²) in [5, 5.41) is 13.2. The smallest absolute Gasteiger partial charge is 0.269 e. The number of amides is 1. The zero-order valence-electron chi connectivity index (χ0n) is 12.9. The predicted octanol–water partition coefficient (Wildman–Crippen LogP) is 4.02. The number of aromatic nitrogens is 3. The highest BCUT2D eigenvalue weighted by Gasteiger charge is 2.18. The van der Waals surface area contributed by atoms with E-state index in [1.54, 1.807) is 26.2 Å². The maximum absolute atomic E-state index is 12.4. The Labute approximate surface area is 151 Å². The number of hydrogen-bond acceptors (Lipinski definition) is 7. The Morgan fingerprint density at radius 3 is 2.71 bits per heavy atom. The number of rotatable bonds is 5. The van der Waals surface area contributed by atoms with Gasteiger partial charge in [-0.2, -0.15) is 0 Å². The molecule has 0 aliphatic heterocycles. The van der Waals surface area contributed by atoms with Crippen LogP contribution in [0.3, 0.4) is 0 Å². The number of halogens is 1. The lowest BCUT2D eigenvalue weighted by Crippen LogP contribution is -2.11. The van der Waals surface area contributed by atoms with E-state index < -0.39 is 0 Å². The number of ether oxygens (including phenoxy) is 1. The molecule has 1 aromatic carbocycles. The highest BCUT2D eigenvalue weighted by molar-refractivity contribution is 7.17. The molecule has 24 heavy (non-hydrogen) atoms. The molecular formula is C15H13ClN4O2S2. The molecule has 3 aromatic rings. The second kappa shape index (κ2) is 7.35. The second-order valence-corrected chi connectivity index (χ2v) is 7.33. The van der Waals surface area contributed by atoms with E-state index in [2.05, 4.69) is 20.5 Å². The highest BCUT2D eigenvalue weighted by atomic mass is 35.5. The second-order valence-electron chi connectivity index (χ2n) is 4.83. The third kappa shape index (κ3) is 3.78. The van der Waals surface area contributed by atoms with Gasteiger partial charge in [-0.1, -0.05) is 35.1 Å². The number of methoxy groups -OCH3 is 1. The molecule has 0 saturated heterocycles. The van der Waals surface area contributed by atoms with E-state index in [1.807, 2.05) is 12.1 Å². The molecule has 1 amide bonds. The van der Waals surface area contributed by atoms with Crippen molar-refractivity contribution in [2.45, 2.75) is 13.5 Å². The Morgan fingerprint density at radius 1 is 1.25 bits per heavy atom. The van der Waals surface area contributed by atoms with Crippen LogP contribution in [0, 0.1) is 6.92 Å². The standard InChI is InChI=1S/C15H13ClN4O2S2/c1-8-12(13(21)18-15-20-19-11(23-15)7-22-2)24-14(17-8)9-3-5-10(16)6-4-9/h3-6H,7H2,1-2H3,(H,18,20,21). The van der Waals surface area contributed by atoms with Gasteiger partial charge in [0, 0.05) is 17.7 Å². The number of hydrogen-bond donors (Lipinski definition) is 1. The molecule has 0 bridgehead atoms. The summed E-state index contributed by atoms with van der Waals surface area (Å²) in [5.41, 5.74) is 1.59. The van der Waals surface area contributed by atoms with E-state index in [0.29, 0.717) is 32.3 Å². The molecule has 3 rings (SSSR count). The molecule has 6 nitrogen and oxygen atoms in total. The quantitative estimate of drug-likeness (QED) is 0.723. The number of aryl methyl sites for hydroxylation is 1. The fourth-order valence-corrected chi connectivity index (χ4v) is 3.76. The molecule has 0 aliphatic rings. The largest absolute Gasteiger partial charge is 0.377 e. The van der Waals surface area contributed by atoms with Crippen LogP contribution in [-0.2, 0) is 11.3 Å². The number of thiazole rings is 1. The molecule has 1 N–H and O–H groups in total. The van der Waals surface area contributed by atoms with Crippen molar-refractivity contribution in [3.8, 4) is 10.6 Å². The number of nitrogens with zero attached hydrogens (tertiary/aromatic N) is 3. The average molecular weight is 381 g/mol. The van der Waals surface area contributed by atoms with Crippen LogP contribution in [0.1, 0.15) is 20.4 Å². The molecule has 2 heterocycles. The van der Waals surface area contributed by atoms with Gasteiger partial charge in [0.2, 0.25) is 5.13 Å². The van der Waals surface area contributed by atoms with Gasteiger partial charge in [-0.05, 0) is 19.1 Å². The monoisotopic (exact) mass is 380 g/mol. The van der Waals surface area contributed by atoms with Crippen LogP contribution in [-0.4, -0.2) is 28.2 Å². The third-order valence-corrected chi connectivity index (χ3v) is 5.32. The Bertz CT molecular complexity index is 861. The molecule has 124 valence electrons. The first-order valence-corrected chi connectivity index (χ1v) is 8.94.